The van der Waals surface area contributed by atoms with Crippen LogP contribution in [0.4, 0.5) is 0 Å². The Morgan fingerprint density at radius 2 is 1.89 bits per heavy atom. The maximum atomic E-state index is 12.5. The standard InChI is InChI=1S/C21H18ClN3O2/c1-13-19(17-7-4-15(10-23)5-8-17)20(21(26)27-3)14(2)25(13)12-16-6-9-18(22)24-11-16/h4-9,11H,12H2,1-3H3. The number of nitriles is 1. The molecule has 0 aliphatic rings. The van der Waals surface area contributed by atoms with Crippen molar-refractivity contribution in [2.24, 2.45) is 0 Å². The number of rotatable bonds is 4. The van der Waals surface area contributed by atoms with Gasteiger partial charge in [0.15, 0.2) is 0 Å². The smallest absolute Gasteiger partial charge is 0.340 e. The highest BCUT2D eigenvalue weighted by Gasteiger charge is 2.24. The van der Waals surface area contributed by atoms with Crippen molar-refractivity contribution in [3.8, 4) is 17.2 Å². The van der Waals surface area contributed by atoms with Gasteiger partial charge in [0.1, 0.15) is 5.15 Å². The number of benzene rings is 1. The topological polar surface area (TPSA) is 67.9 Å². The molecule has 6 heteroatoms. The largest absolute Gasteiger partial charge is 0.465 e. The van der Waals surface area contributed by atoms with Crippen LogP contribution in [0.3, 0.4) is 0 Å². The molecule has 3 rings (SSSR count). The van der Waals surface area contributed by atoms with Gasteiger partial charge in [-0.3, -0.25) is 0 Å². The van der Waals surface area contributed by atoms with Crippen molar-refractivity contribution < 1.29 is 9.53 Å². The van der Waals surface area contributed by atoms with Gasteiger partial charge in [0.2, 0.25) is 0 Å². The molecule has 0 aliphatic carbocycles. The molecule has 27 heavy (non-hydrogen) atoms. The van der Waals surface area contributed by atoms with Gasteiger partial charge in [-0.25, -0.2) is 9.78 Å². The van der Waals surface area contributed by atoms with E-state index in [9.17, 15) is 4.79 Å². The van der Waals surface area contributed by atoms with Crippen molar-refractivity contribution in [1.29, 1.82) is 5.26 Å². The highest BCUT2D eigenvalue weighted by molar-refractivity contribution is 6.29. The average Bonchev–Trinajstić information content (AvgIpc) is 2.93. The number of hydrogen-bond donors (Lipinski definition) is 0. The summed E-state index contributed by atoms with van der Waals surface area (Å²) in [7, 11) is 1.38. The third kappa shape index (κ3) is 3.57. The van der Waals surface area contributed by atoms with Crippen LogP contribution in [0.2, 0.25) is 5.15 Å². The second-order valence-electron chi connectivity index (χ2n) is 6.18. The van der Waals surface area contributed by atoms with Crippen LogP contribution in [-0.2, 0) is 11.3 Å². The number of pyridine rings is 1. The van der Waals surface area contributed by atoms with E-state index in [0.29, 0.717) is 22.8 Å². The first-order chi connectivity index (χ1) is 13.0. The van der Waals surface area contributed by atoms with Gasteiger partial charge in [-0.05, 0) is 43.2 Å². The van der Waals surface area contributed by atoms with E-state index in [1.165, 1.54) is 7.11 Å². The van der Waals surface area contributed by atoms with Crippen LogP contribution >= 0.6 is 11.6 Å². The lowest BCUT2D eigenvalue weighted by atomic mass is 9.99. The molecule has 0 amide bonds. The quantitative estimate of drug-likeness (QED) is 0.493. The zero-order valence-corrected chi connectivity index (χ0v) is 16.0. The lowest BCUT2D eigenvalue weighted by Crippen LogP contribution is -2.07. The van der Waals surface area contributed by atoms with E-state index >= 15 is 0 Å². The van der Waals surface area contributed by atoms with Crippen LogP contribution in [0.1, 0.15) is 32.9 Å². The molecule has 0 bridgehead atoms. The first-order valence-corrected chi connectivity index (χ1v) is 8.73. The second-order valence-corrected chi connectivity index (χ2v) is 6.56. The zero-order valence-electron chi connectivity index (χ0n) is 15.3. The van der Waals surface area contributed by atoms with Gasteiger partial charge < -0.3 is 9.30 Å². The Kier molecular flexibility index (Phi) is 5.29. The summed E-state index contributed by atoms with van der Waals surface area (Å²) < 4.78 is 7.08. The second kappa shape index (κ2) is 7.65. The highest BCUT2D eigenvalue weighted by atomic mass is 35.5. The number of aromatic nitrogens is 2. The fraction of sp³-hybridized carbons (Fsp3) is 0.190. The molecule has 0 unspecified atom stereocenters. The third-order valence-electron chi connectivity index (χ3n) is 4.60. The zero-order chi connectivity index (χ0) is 19.6. The van der Waals surface area contributed by atoms with Gasteiger partial charge in [-0.1, -0.05) is 29.8 Å². The van der Waals surface area contributed by atoms with Crippen LogP contribution in [0.5, 0.6) is 0 Å². The maximum absolute atomic E-state index is 12.5. The number of carbonyl (C=O) groups is 1. The molecule has 136 valence electrons. The molecular weight excluding hydrogens is 362 g/mol. The summed E-state index contributed by atoms with van der Waals surface area (Å²) in [6, 6.07) is 12.9. The number of carbonyl (C=O) groups excluding carboxylic acids is 1. The van der Waals surface area contributed by atoms with Crippen molar-refractivity contribution in [3.05, 3.63) is 75.8 Å². The highest BCUT2D eigenvalue weighted by Crippen LogP contribution is 2.33. The Morgan fingerprint density at radius 1 is 1.19 bits per heavy atom. The van der Waals surface area contributed by atoms with E-state index in [2.05, 4.69) is 15.6 Å². The van der Waals surface area contributed by atoms with E-state index in [1.807, 2.05) is 32.0 Å². The molecule has 0 fully saturated rings. The van der Waals surface area contributed by atoms with Gasteiger partial charge in [-0.2, -0.15) is 5.26 Å². The molecule has 2 aromatic heterocycles. The maximum Gasteiger partial charge on any atom is 0.340 e. The molecule has 1 aromatic carbocycles. The summed E-state index contributed by atoms with van der Waals surface area (Å²) in [4.78, 5) is 16.6. The monoisotopic (exact) mass is 379 g/mol. The SMILES string of the molecule is COC(=O)c1c(-c2ccc(C#N)cc2)c(C)n(Cc2ccc(Cl)nc2)c1C. The molecule has 0 atom stereocenters. The summed E-state index contributed by atoms with van der Waals surface area (Å²) in [5.74, 6) is -0.386. The molecule has 3 aromatic rings. The molecule has 0 saturated carbocycles. The minimum absolute atomic E-state index is 0.386. The third-order valence-corrected chi connectivity index (χ3v) is 4.83. The van der Waals surface area contributed by atoms with Crippen LogP contribution in [0.25, 0.3) is 11.1 Å². The van der Waals surface area contributed by atoms with E-state index in [-0.39, 0.29) is 5.97 Å². The fourth-order valence-corrected chi connectivity index (χ4v) is 3.33. The Bertz CT molecular complexity index is 1030. The first kappa shape index (κ1) is 18.7. The summed E-state index contributed by atoms with van der Waals surface area (Å²) in [6.45, 7) is 4.42. The van der Waals surface area contributed by atoms with Crippen molar-refractivity contribution in [2.45, 2.75) is 20.4 Å². The Labute approximate surface area is 162 Å². The predicted molar refractivity (Wildman–Crippen MR) is 104 cm³/mol. The van der Waals surface area contributed by atoms with E-state index in [0.717, 1.165) is 28.1 Å². The van der Waals surface area contributed by atoms with E-state index in [1.54, 1.807) is 24.4 Å². The Hall–Kier alpha value is -3.10. The van der Waals surface area contributed by atoms with Gasteiger partial charge in [0.25, 0.3) is 0 Å². The summed E-state index contributed by atoms with van der Waals surface area (Å²) in [5.41, 5.74) is 5.50. The van der Waals surface area contributed by atoms with Gasteiger partial charge in [0, 0.05) is 29.7 Å². The van der Waals surface area contributed by atoms with Crippen molar-refractivity contribution in [2.75, 3.05) is 7.11 Å². The molecule has 0 N–H and O–H groups in total. The number of ether oxygens (including phenoxy) is 1. The molecule has 0 saturated heterocycles. The van der Waals surface area contributed by atoms with Gasteiger partial charge in [-0.15, -0.1) is 0 Å². The van der Waals surface area contributed by atoms with Gasteiger partial charge >= 0.3 is 5.97 Å². The van der Waals surface area contributed by atoms with E-state index < -0.39 is 0 Å². The summed E-state index contributed by atoms with van der Waals surface area (Å²) in [6.07, 6.45) is 1.72. The van der Waals surface area contributed by atoms with Gasteiger partial charge in [0.05, 0.1) is 24.3 Å². The van der Waals surface area contributed by atoms with Crippen LogP contribution < -0.4 is 0 Å². The Morgan fingerprint density at radius 3 is 2.44 bits per heavy atom. The number of nitrogens with zero attached hydrogens (tertiary/aromatic N) is 3. The number of halogens is 1. The lowest BCUT2D eigenvalue weighted by molar-refractivity contribution is 0.0600. The van der Waals surface area contributed by atoms with Crippen LogP contribution in [0.15, 0.2) is 42.6 Å². The lowest BCUT2D eigenvalue weighted by Gasteiger charge is -2.10. The minimum Gasteiger partial charge on any atom is -0.465 e. The summed E-state index contributed by atoms with van der Waals surface area (Å²) >= 11 is 5.87. The van der Waals surface area contributed by atoms with E-state index in [4.69, 9.17) is 21.6 Å². The fourth-order valence-electron chi connectivity index (χ4n) is 3.22. The van der Waals surface area contributed by atoms with Crippen molar-refractivity contribution in [3.63, 3.8) is 0 Å². The van der Waals surface area contributed by atoms with Crippen molar-refractivity contribution >= 4 is 17.6 Å². The van der Waals surface area contributed by atoms with Crippen LogP contribution in [-0.4, -0.2) is 22.6 Å². The predicted octanol–water partition coefficient (Wildman–Crippen LogP) is 4.53. The minimum atomic E-state index is -0.386. The van der Waals surface area contributed by atoms with Crippen molar-refractivity contribution in [1.82, 2.24) is 9.55 Å². The molecular formula is C21H18ClN3O2. The molecule has 2 heterocycles. The molecule has 0 radical (unpaired) electrons. The number of hydrogen-bond acceptors (Lipinski definition) is 4. The number of methoxy groups -OCH3 is 1. The molecule has 0 aliphatic heterocycles. The van der Waals surface area contributed by atoms with Crippen LogP contribution in [0, 0.1) is 25.2 Å². The Balaban J connectivity index is 2.15. The molecule has 5 nitrogen and oxygen atoms in total. The normalized spacial score (nSPS) is 10.5. The summed E-state index contributed by atoms with van der Waals surface area (Å²) in [5, 5.41) is 9.46. The average molecular weight is 380 g/mol. The number of esters is 1. The molecule has 0 spiro atoms. The first-order valence-electron chi connectivity index (χ1n) is 8.35.